The average molecular weight is 252 g/mol. The standard InChI is InChI=1S/C14H21FN2O/c1-9(2)13(8-16)14(18)17-10(3)11-5-4-6-12(15)7-11/h4-7,9-10,13H,8,16H2,1-3H3,(H,17,18)/t10-,13?/m0/s1. The zero-order valence-electron chi connectivity index (χ0n) is 11.1. The molecule has 1 aromatic rings. The summed E-state index contributed by atoms with van der Waals surface area (Å²) in [5.41, 5.74) is 6.34. The van der Waals surface area contributed by atoms with Gasteiger partial charge in [-0.3, -0.25) is 4.79 Å². The first kappa shape index (κ1) is 14.6. The zero-order chi connectivity index (χ0) is 13.7. The summed E-state index contributed by atoms with van der Waals surface area (Å²) in [5.74, 6) is -0.396. The van der Waals surface area contributed by atoms with Gasteiger partial charge < -0.3 is 11.1 Å². The van der Waals surface area contributed by atoms with E-state index in [9.17, 15) is 9.18 Å². The second-order valence-electron chi connectivity index (χ2n) is 4.87. The van der Waals surface area contributed by atoms with E-state index in [1.165, 1.54) is 12.1 Å². The summed E-state index contributed by atoms with van der Waals surface area (Å²) in [4.78, 5) is 12.0. The molecule has 0 radical (unpaired) electrons. The predicted molar refractivity (Wildman–Crippen MR) is 70.3 cm³/mol. The Hall–Kier alpha value is -1.42. The molecule has 0 heterocycles. The quantitative estimate of drug-likeness (QED) is 0.844. The molecular formula is C14H21FN2O. The molecule has 0 saturated carbocycles. The second kappa shape index (κ2) is 6.50. The summed E-state index contributed by atoms with van der Waals surface area (Å²) in [5, 5.41) is 2.87. The number of carbonyl (C=O) groups excluding carboxylic acids is 1. The molecule has 0 aliphatic rings. The number of halogens is 1. The van der Waals surface area contributed by atoms with E-state index in [0.29, 0.717) is 6.54 Å². The molecule has 18 heavy (non-hydrogen) atoms. The van der Waals surface area contributed by atoms with Gasteiger partial charge in [-0.05, 0) is 30.5 Å². The molecular weight excluding hydrogens is 231 g/mol. The largest absolute Gasteiger partial charge is 0.349 e. The van der Waals surface area contributed by atoms with Crippen molar-refractivity contribution in [2.75, 3.05) is 6.54 Å². The van der Waals surface area contributed by atoms with Crippen molar-refractivity contribution in [1.29, 1.82) is 0 Å². The van der Waals surface area contributed by atoms with Crippen LogP contribution in [-0.4, -0.2) is 12.5 Å². The Morgan fingerprint density at radius 2 is 2.06 bits per heavy atom. The van der Waals surface area contributed by atoms with Crippen molar-refractivity contribution in [3.63, 3.8) is 0 Å². The first-order valence-corrected chi connectivity index (χ1v) is 6.21. The van der Waals surface area contributed by atoms with Crippen LogP contribution in [0, 0.1) is 17.7 Å². The third kappa shape index (κ3) is 3.81. The van der Waals surface area contributed by atoms with Crippen LogP contribution >= 0.6 is 0 Å². The third-order valence-electron chi connectivity index (χ3n) is 3.10. The first-order valence-electron chi connectivity index (χ1n) is 6.21. The molecule has 3 N–H and O–H groups in total. The van der Waals surface area contributed by atoms with Crippen LogP contribution in [0.25, 0.3) is 0 Å². The molecule has 0 saturated heterocycles. The van der Waals surface area contributed by atoms with Crippen LogP contribution in [0.15, 0.2) is 24.3 Å². The molecule has 0 aliphatic heterocycles. The van der Waals surface area contributed by atoms with E-state index in [-0.39, 0.29) is 29.6 Å². The number of carbonyl (C=O) groups is 1. The van der Waals surface area contributed by atoms with Crippen molar-refractivity contribution < 1.29 is 9.18 Å². The summed E-state index contributed by atoms with van der Waals surface area (Å²) >= 11 is 0. The number of rotatable bonds is 5. The van der Waals surface area contributed by atoms with Gasteiger partial charge in [0.15, 0.2) is 0 Å². The highest BCUT2D eigenvalue weighted by molar-refractivity contribution is 5.79. The fraction of sp³-hybridized carbons (Fsp3) is 0.500. The average Bonchev–Trinajstić information content (AvgIpc) is 2.29. The SMILES string of the molecule is CC(C)C(CN)C(=O)N[C@@H](C)c1cccc(F)c1. The molecule has 4 heteroatoms. The molecule has 1 rings (SSSR count). The molecule has 100 valence electrons. The van der Waals surface area contributed by atoms with Crippen LogP contribution in [0.4, 0.5) is 4.39 Å². The normalized spacial score (nSPS) is 14.3. The first-order chi connectivity index (χ1) is 8.45. The van der Waals surface area contributed by atoms with Gasteiger partial charge in [0, 0.05) is 6.54 Å². The summed E-state index contributed by atoms with van der Waals surface area (Å²) < 4.78 is 13.1. The highest BCUT2D eigenvalue weighted by Gasteiger charge is 2.22. The van der Waals surface area contributed by atoms with Crippen LogP contribution in [-0.2, 0) is 4.79 Å². The fourth-order valence-electron chi connectivity index (χ4n) is 1.86. The summed E-state index contributed by atoms with van der Waals surface area (Å²) in [7, 11) is 0. The van der Waals surface area contributed by atoms with E-state index < -0.39 is 0 Å². The molecule has 0 spiro atoms. The van der Waals surface area contributed by atoms with Crippen molar-refractivity contribution >= 4 is 5.91 Å². The van der Waals surface area contributed by atoms with Gasteiger partial charge in [0.2, 0.25) is 5.91 Å². The fourth-order valence-corrected chi connectivity index (χ4v) is 1.86. The van der Waals surface area contributed by atoms with E-state index >= 15 is 0 Å². The number of nitrogens with one attached hydrogen (secondary N) is 1. The lowest BCUT2D eigenvalue weighted by Crippen LogP contribution is -2.39. The van der Waals surface area contributed by atoms with Crippen LogP contribution in [0.5, 0.6) is 0 Å². The predicted octanol–water partition coefficient (Wildman–Crippen LogP) is 2.23. The number of amides is 1. The van der Waals surface area contributed by atoms with Crippen molar-refractivity contribution in [2.45, 2.75) is 26.8 Å². The minimum atomic E-state index is -0.298. The van der Waals surface area contributed by atoms with Gasteiger partial charge in [-0.1, -0.05) is 26.0 Å². The maximum absolute atomic E-state index is 13.1. The van der Waals surface area contributed by atoms with Crippen LogP contribution < -0.4 is 11.1 Å². The van der Waals surface area contributed by atoms with E-state index in [1.54, 1.807) is 12.1 Å². The topological polar surface area (TPSA) is 55.1 Å². The van der Waals surface area contributed by atoms with Crippen molar-refractivity contribution in [1.82, 2.24) is 5.32 Å². The third-order valence-corrected chi connectivity index (χ3v) is 3.10. The van der Waals surface area contributed by atoms with Crippen LogP contribution in [0.2, 0.25) is 0 Å². The number of benzene rings is 1. The Balaban J connectivity index is 2.70. The maximum Gasteiger partial charge on any atom is 0.225 e. The maximum atomic E-state index is 13.1. The Bertz CT molecular complexity index is 407. The Morgan fingerprint density at radius 1 is 1.39 bits per heavy atom. The molecule has 0 aliphatic carbocycles. The Labute approximate surface area is 108 Å². The molecule has 0 aromatic heterocycles. The zero-order valence-corrected chi connectivity index (χ0v) is 11.1. The van der Waals surface area contributed by atoms with E-state index in [2.05, 4.69) is 5.32 Å². The van der Waals surface area contributed by atoms with Crippen molar-refractivity contribution in [3.05, 3.63) is 35.6 Å². The lowest BCUT2D eigenvalue weighted by Gasteiger charge is -2.22. The minimum absolute atomic E-state index is 0.0794. The summed E-state index contributed by atoms with van der Waals surface area (Å²) in [6.07, 6.45) is 0. The minimum Gasteiger partial charge on any atom is -0.349 e. The molecule has 1 aromatic carbocycles. The summed E-state index contributed by atoms with van der Waals surface area (Å²) in [6.45, 7) is 6.08. The van der Waals surface area contributed by atoms with Gasteiger partial charge in [-0.25, -0.2) is 4.39 Å². The van der Waals surface area contributed by atoms with E-state index in [1.807, 2.05) is 20.8 Å². The van der Waals surface area contributed by atoms with Crippen LogP contribution in [0.3, 0.4) is 0 Å². The van der Waals surface area contributed by atoms with Gasteiger partial charge in [0.05, 0.1) is 12.0 Å². The molecule has 0 bridgehead atoms. The van der Waals surface area contributed by atoms with Gasteiger partial charge in [-0.15, -0.1) is 0 Å². The van der Waals surface area contributed by atoms with Crippen molar-refractivity contribution in [2.24, 2.45) is 17.6 Å². The second-order valence-corrected chi connectivity index (χ2v) is 4.87. The van der Waals surface area contributed by atoms with Gasteiger partial charge in [0.1, 0.15) is 5.82 Å². The van der Waals surface area contributed by atoms with Gasteiger partial charge in [-0.2, -0.15) is 0 Å². The van der Waals surface area contributed by atoms with Crippen molar-refractivity contribution in [3.8, 4) is 0 Å². The number of hydrogen-bond acceptors (Lipinski definition) is 2. The van der Waals surface area contributed by atoms with Gasteiger partial charge in [0.25, 0.3) is 0 Å². The smallest absolute Gasteiger partial charge is 0.225 e. The number of hydrogen-bond donors (Lipinski definition) is 2. The molecule has 1 unspecified atom stereocenters. The Kier molecular flexibility index (Phi) is 5.28. The number of nitrogens with two attached hydrogens (primary N) is 1. The molecule has 2 atom stereocenters. The monoisotopic (exact) mass is 252 g/mol. The van der Waals surface area contributed by atoms with Crippen LogP contribution in [0.1, 0.15) is 32.4 Å². The lowest BCUT2D eigenvalue weighted by molar-refractivity contribution is -0.126. The highest BCUT2D eigenvalue weighted by Crippen LogP contribution is 2.16. The highest BCUT2D eigenvalue weighted by atomic mass is 19.1. The molecule has 0 fully saturated rings. The molecule has 1 amide bonds. The summed E-state index contributed by atoms with van der Waals surface area (Å²) in [6, 6.07) is 6.02. The van der Waals surface area contributed by atoms with Gasteiger partial charge >= 0.3 is 0 Å². The lowest BCUT2D eigenvalue weighted by atomic mass is 9.94. The van der Waals surface area contributed by atoms with E-state index in [0.717, 1.165) is 5.56 Å². The van der Waals surface area contributed by atoms with E-state index in [4.69, 9.17) is 5.73 Å². The molecule has 3 nitrogen and oxygen atoms in total. The Morgan fingerprint density at radius 3 is 2.56 bits per heavy atom.